The van der Waals surface area contributed by atoms with Crippen LogP contribution in [0.15, 0.2) is 24.3 Å². The van der Waals surface area contributed by atoms with Gasteiger partial charge in [0.15, 0.2) is 5.13 Å². The molecule has 11 nitrogen and oxygen atoms in total. The molecule has 1 aromatic carbocycles. The molecule has 3 rings (SSSR count). The van der Waals surface area contributed by atoms with Gasteiger partial charge in [-0.25, -0.2) is 9.78 Å². The summed E-state index contributed by atoms with van der Waals surface area (Å²) in [6.45, 7) is 5.91. The minimum atomic E-state index is -0.602. The van der Waals surface area contributed by atoms with Crippen LogP contribution in [0.1, 0.15) is 41.7 Å². The van der Waals surface area contributed by atoms with Gasteiger partial charge in [0.2, 0.25) is 5.91 Å². The number of nitro groups is 1. The first-order chi connectivity index (χ1) is 15.0. The average molecular weight is 462 g/mol. The van der Waals surface area contributed by atoms with Crippen LogP contribution in [-0.4, -0.2) is 51.4 Å². The van der Waals surface area contributed by atoms with Gasteiger partial charge in [0.25, 0.3) is 11.6 Å². The number of anilines is 1. The second-order valence-electron chi connectivity index (χ2n) is 8.08. The van der Waals surface area contributed by atoms with E-state index in [4.69, 9.17) is 4.74 Å². The number of rotatable bonds is 5. The van der Waals surface area contributed by atoms with Crippen LogP contribution in [0.25, 0.3) is 0 Å². The highest BCUT2D eigenvalue weighted by molar-refractivity contribution is 7.15. The second-order valence-corrected chi connectivity index (χ2v) is 9.16. The number of carbonyl (C=O) groups is 3. The van der Waals surface area contributed by atoms with E-state index in [0.29, 0.717) is 24.6 Å². The van der Waals surface area contributed by atoms with Gasteiger partial charge in [0, 0.05) is 35.5 Å². The molecule has 0 atom stereocenters. The first-order valence-electron chi connectivity index (χ1n) is 9.81. The van der Waals surface area contributed by atoms with Crippen molar-refractivity contribution in [3.05, 3.63) is 50.5 Å². The normalized spacial score (nSPS) is 13.2. The third kappa shape index (κ3) is 6.00. The predicted octanol–water partition coefficient (Wildman–Crippen LogP) is 2.71. The molecular weight excluding hydrogens is 438 g/mol. The van der Waals surface area contributed by atoms with E-state index in [1.807, 2.05) is 0 Å². The Morgan fingerprint density at radius 3 is 2.75 bits per heavy atom. The Bertz CT molecular complexity index is 1060. The summed E-state index contributed by atoms with van der Waals surface area (Å²) in [5.74, 6) is -1.09. The molecular formula is C20H23N5O6S. The summed E-state index contributed by atoms with van der Waals surface area (Å²) < 4.78 is 5.40. The second kappa shape index (κ2) is 9.30. The highest BCUT2D eigenvalue weighted by atomic mass is 32.1. The third-order valence-electron chi connectivity index (χ3n) is 4.36. The number of thiazole rings is 1. The fraction of sp³-hybridized carbons (Fsp3) is 0.400. The fourth-order valence-corrected chi connectivity index (χ4v) is 3.96. The molecule has 1 aliphatic heterocycles. The lowest BCUT2D eigenvalue weighted by molar-refractivity contribution is -0.384. The van der Waals surface area contributed by atoms with E-state index >= 15 is 0 Å². The van der Waals surface area contributed by atoms with Crippen molar-refractivity contribution in [2.75, 3.05) is 18.4 Å². The van der Waals surface area contributed by atoms with Gasteiger partial charge >= 0.3 is 6.09 Å². The van der Waals surface area contributed by atoms with Crippen LogP contribution in [0.4, 0.5) is 15.6 Å². The van der Waals surface area contributed by atoms with Crippen LogP contribution in [0.5, 0.6) is 0 Å². The molecule has 0 unspecified atom stereocenters. The van der Waals surface area contributed by atoms with Crippen LogP contribution >= 0.6 is 11.3 Å². The topological polar surface area (TPSA) is 144 Å². The van der Waals surface area contributed by atoms with E-state index < -0.39 is 28.4 Å². The van der Waals surface area contributed by atoms with Crippen molar-refractivity contribution < 1.29 is 24.0 Å². The molecule has 1 aromatic heterocycles. The van der Waals surface area contributed by atoms with Crippen LogP contribution in [0.3, 0.4) is 0 Å². The van der Waals surface area contributed by atoms with Gasteiger partial charge in [-0.3, -0.25) is 19.7 Å². The van der Waals surface area contributed by atoms with Crippen molar-refractivity contribution in [1.82, 2.24) is 15.2 Å². The Hall–Kier alpha value is -3.54. The molecule has 2 aromatic rings. The predicted molar refractivity (Wildman–Crippen MR) is 117 cm³/mol. The number of hydrogen-bond donors (Lipinski definition) is 2. The summed E-state index contributed by atoms with van der Waals surface area (Å²) in [4.78, 5) is 53.7. The van der Waals surface area contributed by atoms with Gasteiger partial charge in [-0.05, 0) is 26.8 Å². The van der Waals surface area contributed by atoms with Crippen molar-refractivity contribution in [1.29, 1.82) is 0 Å². The zero-order valence-corrected chi connectivity index (χ0v) is 18.7. The van der Waals surface area contributed by atoms with Gasteiger partial charge < -0.3 is 20.3 Å². The van der Waals surface area contributed by atoms with Gasteiger partial charge in [0.05, 0.1) is 23.7 Å². The highest BCUT2D eigenvalue weighted by Crippen LogP contribution is 2.29. The highest BCUT2D eigenvalue weighted by Gasteiger charge is 2.28. The van der Waals surface area contributed by atoms with Gasteiger partial charge in [-0.1, -0.05) is 17.4 Å². The van der Waals surface area contributed by atoms with E-state index in [-0.39, 0.29) is 17.8 Å². The standard InChI is InChI=1S/C20H23N5O6S/c1-20(2,3)31-19(28)24-8-7-14-15(11-24)32-18(22-14)23-16(26)10-21-17(27)12-5-4-6-13(9-12)25(29)30/h4-6,9H,7-8,10-11H2,1-3H3,(H,21,27)(H,22,23,26). The minimum absolute atomic E-state index is 0.0824. The molecule has 170 valence electrons. The van der Waals surface area contributed by atoms with Crippen molar-refractivity contribution in [2.24, 2.45) is 0 Å². The molecule has 0 saturated carbocycles. The summed E-state index contributed by atoms with van der Waals surface area (Å²) in [5.41, 5.74) is 0.0971. The van der Waals surface area contributed by atoms with E-state index in [9.17, 15) is 24.5 Å². The minimum Gasteiger partial charge on any atom is -0.444 e. The number of non-ortho nitro benzene ring substituents is 1. The summed E-state index contributed by atoms with van der Waals surface area (Å²) in [6.07, 6.45) is 0.149. The molecule has 12 heteroatoms. The Morgan fingerprint density at radius 1 is 1.31 bits per heavy atom. The molecule has 0 fully saturated rings. The van der Waals surface area contributed by atoms with Crippen molar-refractivity contribution >= 4 is 40.1 Å². The molecule has 0 spiro atoms. The largest absolute Gasteiger partial charge is 0.444 e. The number of hydrogen-bond acceptors (Lipinski definition) is 8. The number of nitrogens with zero attached hydrogens (tertiary/aromatic N) is 3. The summed E-state index contributed by atoms with van der Waals surface area (Å²) in [5, 5.41) is 16.2. The van der Waals surface area contributed by atoms with Gasteiger partial charge in [-0.2, -0.15) is 0 Å². The Kier molecular flexibility index (Phi) is 6.72. The summed E-state index contributed by atoms with van der Waals surface area (Å²) in [6, 6.07) is 5.23. The maximum absolute atomic E-state index is 12.3. The van der Waals surface area contributed by atoms with Crippen LogP contribution in [-0.2, 0) is 22.5 Å². The lowest BCUT2D eigenvalue weighted by atomic mass is 10.2. The van der Waals surface area contributed by atoms with Crippen molar-refractivity contribution in [3.63, 3.8) is 0 Å². The number of fused-ring (bicyclic) bond motifs is 1. The van der Waals surface area contributed by atoms with E-state index in [1.165, 1.54) is 29.5 Å². The number of benzene rings is 1. The van der Waals surface area contributed by atoms with Crippen LogP contribution < -0.4 is 10.6 Å². The molecule has 32 heavy (non-hydrogen) atoms. The SMILES string of the molecule is CC(C)(C)OC(=O)N1CCc2nc(NC(=O)CNC(=O)c3cccc([N+](=O)[O-])c3)sc2C1. The third-order valence-corrected chi connectivity index (χ3v) is 5.36. The smallest absolute Gasteiger partial charge is 0.410 e. The first-order valence-corrected chi connectivity index (χ1v) is 10.6. The maximum Gasteiger partial charge on any atom is 0.410 e. The number of aromatic nitrogens is 1. The zero-order chi connectivity index (χ0) is 23.5. The van der Waals surface area contributed by atoms with E-state index in [1.54, 1.807) is 25.7 Å². The Morgan fingerprint density at radius 2 is 2.06 bits per heavy atom. The van der Waals surface area contributed by atoms with Crippen LogP contribution in [0.2, 0.25) is 0 Å². The van der Waals surface area contributed by atoms with E-state index in [2.05, 4.69) is 15.6 Å². The van der Waals surface area contributed by atoms with Gasteiger partial charge in [-0.15, -0.1) is 0 Å². The van der Waals surface area contributed by atoms with Crippen molar-refractivity contribution in [2.45, 2.75) is 39.3 Å². The number of ether oxygens (including phenoxy) is 1. The lowest BCUT2D eigenvalue weighted by Crippen LogP contribution is -2.39. The maximum atomic E-state index is 12.3. The first kappa shape index (κ1) is 23.1. The monoisotopic (exact) mass is 461 g/mol. The lowest BCUT2D eigenvalue weighted by Gasteiger charge is -2.29. The van der Waals surface area contributed by atoms with Crippen LogP contribution in [0, 0.1) is 10.1 Å². The number of nitro benzene ring substituents is 1. The van der Waals surface area contributed by atoms with Gasteiger partial charge in [0.1, 0.15) is 5.60 Å². The molecule has 2 heterocycles. The van der Waals surface area contributed by atoms with E-state index in [0.717, 1.165) is 16.6 Å². The molecule has 0 bridgehead atoms. The Balaban J connectivity index is 1.54. The molecule has 2 N–H and O–H groups in total. The molecule has 0 radical (unpaired) electrons. The average Bonchev–Trinajstić information content (AvgIpc) is 3.12. The molecule has 0 aliphatic carbocycles. The molecule has 1 aliphatic rings. The van der Waals surface area contributed by atoms with Crippen molar-refractivity contribution in [3.8, 4) is 0 Å². The summed E-state index contributed by atoms with van der Waals surface area (Å²) in [7, 11) is 0. The zero-order valence-electron chi connectivity index (χ0n) is 17.8. The molecule has 3 amide bonds. The quantitative estimate of drug-likeness (QED) is 0.514. The number of carbonyl (C=O) groups excluding carboxylic acids is 3. The fourth-order valence-electron chi connectivity index (χ4n) is 2.92. The molecule has 0 saturated heterocycles. The number of nitrogens with one attached hydrogen (secondary N) is 2. The Labute approximate surface area is 187 Å². The number of amides is 3. The summed E-state index contributed by atoms with van der Waals surface area (Å²) >= 11 is 1.26.